The predicted octanol–water partition coefficient (Wildman–Crippen LogP) is 3.25. The molecule has 1 unspecified atom stereocenters. The van der Waals surface area contributed by atoms with E-state index in [0.717, 1.165) is 12.5 Å². The molecule has 1 aliphatic carbocycles. The standard InChI is InChI=1S/C13H19NOS/c1-15-9-13(10-6-7-10)14-11-4-3-5-12(8-11)16-2/h3-5,8,10,13-14H,6-7,9H2,1-2H3. The van der Waals surface area contributed by atoms with Crippen LogP contribution in [0.4, 0.5) is 5.69 Å². The van der Waals surface area contributed by atoms with Gasteiger partial charge >= 0.3 is 0 Å². The van der Waals surface area contributed by atoms with Crippen LogP contribution in [0.2, 0.25) is 0 Å². The Morgan fingerprint density at radius 3 is 2.94 bits per heavy atom. The number of methoxy groups -OCH3 is 1. The summed E-state index contributed by atoms with van der Waals surface area (Å²) < 4.78 is 5.27. The van der Waals surface area contributed by atoms with Crippen LogP contribution >= 0.6 is 11.8 Å². The van der Waals surface area contributed by atoms with E-state index in [1.165, 1.54) is 23.4 Å². The van der Waals surface area contributed by atoms with Crippen LogP contribution in [0, 0.1) is 5.92 Å². The molecular weight excluding hydrogens is 218 g/mol. The van der Waals surface area contributed by atoms with Crippen molar-refractivity contribution in [1.82, 2.24) is 0 Å². The van der Waals surface area contributed by atoms with Gasteiger partial charge in [0.05, 0.1) is 12.6 Å². The average Bonchev–Trinajstić information content (AvgIpc) is 3.13. The van der Waals surface area contributed by atoms with Gasteiger partial charge in [0.25, 0.3) is 0 Å². The molecule has 1 aromatic rings. The fourth-order valence-electron chi connectivity index (χ4n) is 1.90. The highest BCUT2D eigenvalue weighted by molar-refractivity contribution is 7.98. The summed E-state index contributed by atoms with van der Waals surface area (Å²) in [6, 6.07) is 9.05. The zero-order chi connectivity index (χ0) is 11.4. The van der Waals surface area contributed by atoms with Crippen molar-refractivity contribution in [2.75, 3.05) is 25.3 Å². The smallest absolute Gasteiger partial charge is 0.0666 e. The largest absolute Gasteiger partial charge is 0.383 e. The Morgan fingerprint density at radius 2 is 2.31 bits per heavy atom. The second-order valence-corrected chi connectivity index (χ2v) is 5.16. The van der Waals surface area contributed by atoms with E-state index in [0.29, 0.717) is 6.04 Å². The highest BCUT2D eigenvalue weighted by Crippen LogP contribution is 2.34. The van der Waals surface area contributed by atoms with E-state index in [2.05, 4.69) is 35.8 Å². The predicted molar refractivity (Wildman–Crippen MR) is 70.2 cm³/mol. The number of rotatable bonds is 6. The van der Waals surface area contributed by atoms with E-state index >= 15 is 0 Å². The first-order valence-electron chi connectivity index (χ1n) is 5.73. The summed E-state index contributed by atoms with van der Waals surface area (Å²) in [6.45, 7) is 0.800. The molecule has 88 valence electrons. The van der Waals surface area contributed by atoms with Crippen LogP contribution in [-0.2, 0) is 4.74 Å². The van der Waals surface area contributed by atoms with E-state index in [9.17, 15) is 0 Å². The number of hydrogen-bond donors (Lipinski definition) is 1. The van der Waals surface area contributed by atoms with E-state index < -0.39 is 0 Å². The second kappa shape index (κ2) is 5.60. The maximum atomic E-state index is 5.27. The van der Waals surface area contributed by atoms with Crippen molar-refractivity contribution in [1.29, 1.82) is 0 Å². The van der Waals surface area contributed by atoms with Gasteiger partial charge in [-0.15, -0.1) is 11.8 Å². The first-order valence-corrected chi connectivity index (χ1v) is 6.95. The molecule has 1 fully saturated rings. The summed E-state index contributed by atoms with van der Waals surface area (Å²) in [5, 5.41) is 3.58. The molecule has 0 heterocycles. The van der Waals surface area contributed by atoms with Gasteiger partial charge < -0.3 is 10.1 Å². The fraction of sp³-hybridized carbons (Fsp3) is 0.538. The Morgan fingerprint density at radius 1 is 1.50 bits per heavy atom. The van der Waals surface area contributed by atoms with Gasteiger partial charge in [-0.25, -0.2) is 0 Å². The van der Waals surface area contributed by atoms with Crippen molar-refractivity contribution in [3.05, 3.63) is 24.3 Å². The Hall–Kier alpha value is -0.670. The van der Waals surface area contributed by atoms with Gasteiger partial charge in [-0.05, 0) is 43.2 Å². The SMILES string of the molecule is COCC(Nc1cccc(SC)c1)C1CC1. The molecule has 1 saturated carbocycles. The molecule has 1 aliphatic rings. The third kappa shape index (κ3) is 3.16. The molecule has 0 bridgehead atoms. The summed E-state index contributed by atoms with van der Waals surface area (Å²) >= 11 is 1.78. The van der Waals surface area contributed by atoms with E-state index in [4.69, 9.17) is 4.74 Å². The van der Waals surface area contributed by atoms with Crippen LogP contribution < -0.4 is 5.32 Å². The highest BCUT2D eigenvalue weighted by atomic mass is 32.2. The van der Waals surface area contributed by atoms with E-state index in [-0.39, 0.29) is 0 Å². The minimum Gasteiger partial charge on any atom is -0.383 e. The van der Waals surface area contributed by atoms with Gasteiger partial charge in [-0.2, -0.15) is 0 Å². The number of benzene rings is 1. The molecule has 1 N–H and O–H groups in total. The first kappa shape index (κ1) is 11.8. The third-order valence-electron chi connectivity index (χ3n) is 2.96. The molecular formula is C13H19NOS. The molecule has 0 saturated heterocycles. The zero-order valence-electron chi connectivity index (χ0n) is 9.90. The maximum absolute atomic E-state index is 5.27. The molecule has 0 amide bonds. The van der Waals surface area contributed by atoms with Crippen molar-refractivity contribution < 1.29 is 4.74 Å². The minimum absolute atomic E-state index is 0.474. The number of hydrogen-bond acceptors (Lipinski definition) is 3. The molecule has 0 aromatic heterocycles. The van der Waals surface area contributed by atoms with Gasteiger partial charge in [0, 0.05) is 17.7 Å². The quantitative estimate of drug-likeness (QED) is 0.767. The van der Waals surface area contributed by atoms with Crippen LogP contribution in [-0.4, -0.2) is 26.0 Å². The molecule has 0 radical (unpaired) electrons. The average molecular weight is 237 g/mol. The molecule has 3 heteroatoms. The van der Waals surface area contributed by atoms with Crippen LogP contribution in [0.1, 0.15) is 12.8 Å². The lowest BCUT2D eigenvalue weighted by molar-refractivity contribution is 0.179. The van der Waals surface area contributed by atoms with Gasteiger partial charge in [0.1, 0.15) is 0 Å². The van der Waals surface area contributed by atoms with Gasteiger partial charge in [-0.3, -0.25) is 0 Å². The summed E-state index contributed by atoms with van der Waals surface area (Å²) in [7, 11) is 1.77. The number of nitrogens with one attached hydrogen (secondary N) is 1. The van der Waals surface area contributed by atoms with Crippen LogP contribution in [0.25, 0.3) is 0 Å². The molecule has 0 spiro atoms. The van der Waals surface area contributed by atoms with Crippen molar-refractivity contribution in [3.8, 4) is 0 Å². The van der Waals surface area contributed by atoms with Crippen LogP contribution in [0.15, 0.2) is 29.2 Å². The van der Waals surface area contributed by atoms with Crippen molar-refractivity contribution in [2.24, 2.45) is 5.92 Å². The zero-order valence-corrected chi connectivity index (χ0v) is 10.7. The molecule has 2 rings (SSSR count). The Balaban J connectivity index is 1.99. The number of thioether (sulfide) groups is 1. The Kier molecular flexibility index (Phi) is 4.13. The Bertz CT molecular complexity index is 338. The van der Waals surface area contributed by atoms with Crippen LogP contribution in [0.5, 0.6) is 0 Å². The summed E-state index contributed by atoms with van der Waals surface area (Å²) in [4.78, 5) is 1.30. The molecule has 1 atom stereocenters. The first-order chi connectivity index (χ1) is 7.83. The third-order valence-corrected chi connectivity index (χ3v) is 3.68. The molecule has 16 heavy (non-hydrogen) atoms. The lowest BCUT2D eigenvalue weighted by Gasteiger charge is -2.18. The topological polar surface area (TPSA) is 21.3 Å². The van der Waals surface area contributed by atoms with Crippen LogP contribution in [0.3, 0.4) is 0 Å². The molecule has 0 aliphatic heterocycles. The van der Waals surface area contributed by atoms with Crippen molar-refractivity contribution in [3.63, 3.8) is 0 Å². The fourth-order valence-corrected chi connectivity index (χ4v) is 2.36. The summed E-state index contributed by atoms with van der Waals surface area (Å²) in [6.07, 6.45) is 4.78. The van der Waals surface area contributed by atoms with Gasteiger partial charge in [0.2, 0.25) is 0 Å². The van der Waals surface area contributed by atoms with Crippen molar-refractivity contribution in [2.45, 2.75) is 23.8 Å². The normalized spacial score (nSPS) is 17.1. The van der Waals surface area contributed by atoms with E-state index in [1.54, 1.807) is 18.9 Å². The summed E-state index contributed by atoms with van der Waals surface area (Å²) in [5.41, 5.74) is 1.21. The monoisotopic (exact) mass is 237 g/mol. The molecule has 2 nitrogen and oxygen atoms in total. The molecule has 1 aromatic carbocycles. The van der Waals surface area contributed by atoms with Gasteiger partial charge in [-0.1, -0.05) is 6.07 Å². The van der Waals surface area contributed by atoms with E-state index in [1.807, 2.05) is 0 Å². The lowest BCUT2D eigenvalue weighted by atomic mass is 10.2. The second-order valence-electron chi connectivity index (χ2n) is 4.28. The maximum Gasteiger partial charge on any atom is 0.0666 e. The lowest BCUT2D eigenvalue weighted by Crippen LogP contribution is -2.27. The minimum atomic E-state index is 0.474. The Labute approximate surface area is 102 Å². The van der Waals surface area contributed by atoms with Crippen molar-refractivity contribution >= 4 is 17.4 Å². The number of anilines is 1. The number of ether oxygens (including phenoxy) is 1. The summed E-state index contributed by atoms with van der Waals surface area (Å²) in [5.74, 6) is 0.804. The van der Waals surface area contributed by atoms with Gasteiger partial charge in [0.15, 0.2) is 0 Å². The highest BCUT2D eigenvalue weighted by Gasteiger charge is 2.30.